The molecule has 0 saturated carbocycles. The number of aliphatic hydroxyl groups excluding tert-OH is 1. The van der Waals surface area contributed by atoms with Crippen molar-refractivity contribution in [3.8, 4) is 0 Å². The van der Waals surface area contributed by atoms with Gasteiger partial charge in [0.1, 0.15) is 18.0 Å². The molecule has 0 amide bonds. The second kappa shape index (κ2) is 7.51. The zero-order valence-electron chi connectivity index (χ0n) is 14.2. The van der Waals surface area contributed by atoms with E-state index < -0.39 is 24.1 Å². The number of anilines is 2. The number of aromatic nitrogens is 3. The van der Waals surface area contributed by atoms with E-state index in [0.717, 1.165) is 6.92 Å². The summed E-state index contributed by atoms with van der Waals surface area (Å²) in [7, 11) is 0. The van der Waals surface area contributed by atoms with Crippen molar-refractivity contribution in [3.05, 3.63) is 11.7 Å². The highest BCUT2D eigenvalue weighted by Gasteiger charge is 2.36. The fraction of sp³-hybridized carbons (Fsp3) is 0.667. The van der Waals surface area contributed by atoms with Gasteiger partial charge in [0, 0.05) is 11.6 Å². The van der Waals surface area contributed by atoms with Gasteiger partial charge >= 0.3 is 6.18 Å². The van der Waals surface area contributed by atoms with Crippen LogP contribution in [0.15, 0.2) is 5.83 Å². The number of nitrogens with zero attached hydrogens (tertiary/aromatic N) is 3. The van der Waals surface area contributed by atoms with E-state index in [4.69, 9.17) is 0 Å². The van der Waals surface area contributed by atoms with Crippen LogP contribution in [0.25, 0.3) is 5.57 Å². The standard InChI is InChI=1S/C15H21F4N5O/c1-7(2)20-13-22-12(9-5-4-6-10(25)11(9)16)23-14(24-13)21-8(3)15(17,18)19/h7-8,10,25H,4-6H2,1-3H3,(H2,20,21,22,23,24)/t8-,10-/m1/s1. The number of nitrogens with one attached hydrogen (secondary N) is 2. The Morgan fingerprint density at radius 3 is 2.24 bits per heavy atom. The number of aliphatic hydroxyl groups is 1. The lowest BCUT2D eigenvalue weighted by Crippen LogP contribution is -2.34. The molecule has 10 heteroatoms. The largest absolute Gasteiger partial charge is 0.408 e. The van der Waals surface area contributed by atoms with Crippen LogP contribution < -0.4 is 10.6 Å². The normalized spacial score (nSPS) is 20.0. The van der Waals surface area contributed by atoms with Gasteiger partial charge in [-0.05, 0) is 40.0 Å². The molecular weight excluding hydrogens is 342 g/mol. The molecule has 2 atom stereocenters. The van der Waals surface area contributed by atoms with E-state index in [1.165, 1.54) is 0 Å². The summed E-state index contributed by atoms with van der Waals surface area (Å²) in [6.45, 7) is 4.54. The van der Waals surface area contributed by atoms with Crippen LogP contribution in [-0.4, -0.2) is 44.4 Å². The molecule has 0 radical (unpaired) electrons. The highest BCUT2D eigenvalue weighted by atomic mass is 19.4. The summed E-state index contributed by atoms with van der Waals surface area (Å²) in [4.78, 5) is 11.9. The Bertz CT molecular complexity index is 647. The van der Waals surface area contributed by atoms with Gasteiger partial charge in [-0.25, -0.2) is 4.39 Å². The molecule has 1 heterocycles. The maximum absolute atomic E-state index is 14.2. The zero-order chi connectivity index (χ0) is 18.8. The molecule has 140 valence electrons. The summed E-state index contributed by atoms with van der Waals surface area (Å²) >= 11 is 0. The monoisotopic (exact) mass is 363 g/mol. The van der Waals surface area contributed by atoms with E-state index in [9.17, 15) is 22.7 Å². The third-order valence-corrected chi connectivity index (χ3v) is 3.64. The van der Waals surface area contributed by atoms with Crippen LogP contribution in [0.4, 0.5) is 29.5 Å². The van der Waals surface area contributed by atoms with E-state index in [0.29, 0.717) is 12.8 Å². The molecule has 25 heavy (non-hydrogen) atoms. The van der Waals surface area contributed by atoms with Crippen molar-refractivity contribution in [1.29, 1.82) is 0 Å². The molecule has 0 aliphatic heterocycles. The first kappa shape index (κ1) is 19.4. The van der Waals surface area contributed by atoms with Crippen LogP contribution in [0.3, 0.4) is 0 Å². The lowest BCUT2D eigenvalue weighted by molar-refractivity contribution is -0.138. The van der Waals surface area contributed by atoms with Crippen molar-refractivity contribution in [2.45, 2.75) is 64.4 Å². The Kier molecular flexibility index (Phi) is 5.81. The maximum Gasteiger partial charge on any atom is 0.408 e. The molecule has 0 saturated heterocycles. The zero-order valence-corrected chi connectivity index (χ0v) is 14.2. The summed E-state index contributed by atoms with van der Waals surface area (Å²) in [5.74, 6) is -1.09. The third-order valence-electron chi connectivity index (χ3n) is 3.64. The summed E-state index contributed by atoms with van der Waals surface area (Å²) in [5.41, 5.74) is 0.0932. The summed E-state index contributed by atoms with van der Waals surface area (Å²) in [6.07, 6.45) is -4.61. The number of hydrogen-bond donors (Lipinski definition) is 3. The third kappa shape index (κ3) is 5.00. The smallest absolute Gasteiger partial charge is 0.386 e. The lowest BCUT2D eigenvalue weighted by atomic mass is 9.96. The molecule has 1 aliphatic rings. The average Bonchev–Trinajstić information content (AvgIpc) is 2.48. The van der Waals surface area contributed by atoms with Crippen LogP contribution in [-0.2, 0) is 0 Å². The van der Waals surface area contributed by atoms with Crippen molar-refractivity contribution in [1.82, 2.24) is 15.0 Å². The van der Waals surface area contributed by atoms with E-state index in [2.05, 4.69) is 25.6 Å². The second-order valence-electron chi connectivity index (χ2n) is 6.25. The van der Waals surface area contributed by atoms with Crippen LogP contribution in [0, 0.1) is 0 Å². The molecule has 0 aromatic carbocycles. The number of rotatable bonds is 5. The first-order valence-corrected chi connectivity index (χ1v) is 8.00. The minimum atomic E-state index is -4.48. The molecule has 1 aromatic heterocycles. The van der Waals surface area contributed by atoms with Gasteiger partial charge in [-0.15, -0.1) is 0 Å². The first-order valence-electron chi connectivity index (χ1n) is 8.00. The van der Waals surface area contributed by atoms with E-state index in [-0.39, 0.29) is 35.8 Å². The van der Waals surface area contributed by atoms with Crippen molar-refractivity contribution >= 4 is 17.5 Å². The number of alkyl halides is 3. The minimum absolute atomic E-state index is 0.0391. The quantitative estimate of drug-likeness (QED) is 0.697. The molecule has 0 unspecified atom stereocenters. The predicted molar refractivity (Wildman–Crippen MR) is 85.6 cm³/mol. The SMILES string of the molecule is CC(C)Nc1nc(N[C@H](C)C(F)(F)F)nc(C2=C(F)[C@H](O)CCC2)n1. The van der Waals surface area contributed by atoms with Crippen molar-refractivity contribution in [2.75, 3.05) is 10.6 Å². The Hall–Kier alpha value is -1.97. The van der Waals surface area contributed by atoms with Gasteiger partial charge in [0.25, 0.3) is 0 Å². The summed E-state index contributed by atoms with van der Waals surface area (Å²) < 4.78 is 52.5. The van der Waals surface area contributed by atoms with Crippen LogP contribution in [0.1, 0.15) is 45.9 Å². The number of hydrogen-bond acceptors (Lipinski definition) is 6. The van der Waals surface area contributed by atoms with E-state index >= 15 is 0 Å². The van der Waals surface area contributed by atoms with Crippen LogP contribution in [0.5, 0.6) is 0 Å². The molecule has 2 rings (SSSR count). The van der Waals surface area contributed by atoms with Gasteiger partial charge in [0.15, 0.2) is 5.82 Å². The Labute approximate surface area is 142 Å². The molecule has 0 fully saturated rings. The van der Waals surface area contributed by atoms with Crippen LogP contribution in [0.2, 0.25) is 0 Å². The second-order valence-corrected chi connectivity index (χ2v) is 6.25. The summed E-state index contributed by atoms with van der Waals surface area (Å²) in [6, 6.07) is -1.97. The van der Waals surface area contributed by atoms with Crippen molar-refractivity contribution < 1.29 is 22.7 Å². The van der Waals surface area contributed by atoms with Gasteiger partial charge in [-0.1, -0.05) is 0 Å². The van der Waals surface area contributed by atoms with Gasteiger partial charge < -0.3 is 15.7 Å². The predicted octanol–water partition coefficient (Wildman–Crippen LogP) is 3.28. The Morgan fingerprint density at radius 2 is 1.68 bits per heavy atom. The molecular formula is C15H21F4N5O. The van der Waals surface area contributed by atoms with Crippen molar-refractivity contribution in [2.24, 2.45) is 0 Å². The Morgan fingerprint density at radius 1 is 1.08 bits per heavy atom. The first-order chi connectivity index (χ1) is 11.6. The molecule has 1 aliphatic carbocycles. The van der Waals surface area contributed by atoms with Gasteiger partial charge in [-0.3, -0.25) is 0 Å². The van der Waals surface area contributed by atoms with Crippen LogP contribution >= 0.6 is 0 Å². The van der Waals surface area contributed by atoms with E-state index in [1.807, 2.05) is 0 Å². The molecule has 1 aromatic rings. The van der Waals surface area contributed by atoms with Gasteiger partial charge in [0.2, 0.25) is 11.9 Å². The number of allylic oxidation sites excluding steroid dienone is 1. The lowest BCUT2D eigenvalue weighted by Gasteiger charge is -2.21. The highest BCUT2D eigenvalue weighted by Crippen LogP contribution is 2.32. The molecule has 6 nitrogen and oxygen atoms in total. The average molecular weight is 363 g/mol. The van der Waals surface area contributed by atoms with E-state index in [1.54, 1.807) is 13.8 Å². The maximum atomic E-state index is 14.2. The minimum Gasteiger partial charge on any atom is -0.386 e. The van der Waals surface area contributed by atoms with Gasteiger partial charge in [-0.2, -0.15) is 28.1 Å². The fourth-order valence-electron chi connectivity index (χ4n) is 2.31. The molecule has 0 bridgehead atoms. The van der Waals surface area contributed by atoms with Crippen molar-refractivity contribution in [3.63, 3.8) is 0 Å². The molecule has 3 N–H and O–H groups in total. The Balaban J connectivity index is 2.42. The van der Waals surface area contributed by atoms with Gasteiger partial charge in [0.05, 0.1) is 0 Å². The highest BCUT2D eigenvalue weighted by molar-refractivity contribution is 5.65. The summed E-state index contributed by atoms with van der Waals surface area (Å²) in [5, 5.41) is 14.7. The topological polar surface area (TPSA) is 83.0 Å². The molecule has 0 spiro atoms. The fourth-order valence-corrected chi connectivity index (χ4v) is 2.31. The number of halogens is 4.